The zero-order valence-electron chi connectivity index (χ0n) is 10.6. The summed E-state index contributed by atoms with van der Waals surface area (Å²) in [6, 6.07) is 4.26. The number of fused-ring (bicyclic) bond motifs is 1. The largest absolute Gasteiger partial charge is 0.303 e. The van der Waals surface area contributed by atoms with E-state index >= 15 is 0 Å². The highest BCUT2D eigenvalue weighted by molar-refractivity contribution is 7.90. The number of halogens is 2. The van der Waals surface area contributed by atoms with Crippen LogP contribution in [0.1, 0.15) is 12.0 Å². The van der Waals surface area contributed by atoms with Gasteiger partial charge in [-0.25, -0.2) is 4.39 Å². The van der Waals surface area contributed by atoms with E-state index in [1.807, 2.05) is 0 Å². The minimum absolute atomic E-state index is 0.354. The highest BCUT2D eigenvalue weighted by atomic mass is 35.5. The molecule has 19 heavy (non-hydrogen) atoms. The third-order valence-corrected chi connectivity index (χ3v) is 5.35. The maximum atomic E-state index is 13.3. The van der Waals surface area contributed by atoms with Crippen molar-refractivity contribution in [3.8, 4) is 0 Å². The molecule has 1 heterocycles. The number of hydrogen-bond acceptors (Lipinski definition) is 2. The van der Waals surface area contributed by atoms with E-state index in [0.717, 1.165) is 5.56 Å². The van der Waals surface area contributed by atoms with Gasteiger partial charge in [0.15, 0.2) is 0 Å². The summed E-state index contributed by atoms with van der Waals surface area (Å²) in [5.41, 5.74) is 1.30. The Labute approximate surface area is 117 Å². The molecule has 0 unspecified atom stereocenters. The van der Waals surface area contributed by atoms with E-state index in [1.165, 1.54) is 27.8 Å². The number of anilines is 1. The fourth-order valence-electron chi connectivity index (χ4n) is 2.13. The molecule has 0 atom stereocenters. The first kappa shape index (κ1) is 14.6. The second-order valence-electron chi connectivity index (χ2n) is 4.47. The van der Waals surface area contributed by atoms with Crippen molar-refractivity contribution in [2.75, 3.05) is 30.3 Å². The third kappa shape index (κ3) is 2.85. The molecular formula is C12H16ClFN2O2S. The van der Waals surface area contributed by atoms with Gasteiger partial charge in [0, 0.05) is 26.0 Å². The summed E-state index contributed by atoms with van der Waals surface area (Å²) >= 11 is 5.57. The topological polar surface area (TPSA) is 40.6 Å². The molecule has 0 N–H and O–H groups in total. The Hall–Kier alpha value is -0.850. The van der Waals surface area contributed by atoms with Crippen LogP contribution in [-0.2, 0) is 16.6 Å². The Morgan fingerprint density at radius 1 is 1.47 bits per heavy atom. The molecule has 1 aromatic carbocycles. The molecule has 0 spiro atoms. The van der Waals surface area contributed by atoms with Gasteiger partial charge in [0.25, 0.3) is 0 Å². The monoisotopic (exact) mass is 306 g/mol. The Morgan fingerprint density at radius 2 is 2.21 bits per heavy atom. The van der Waals surface area contributed by atoms with Crippen LogP contribution >= 0.6 is 11.6 Å². The van der Waals surface area contributed by atoms with Crippen molar-refractivity contribution in [2.24, 2.45) is 0 Å². The number of rotatable bonds is 5. The molecule has 1 aliphatic rings. The average molecular weight is 307 g/mol. The lowest BCUT2D eigenvalue weighted by Gasteiger charge is -2.25. The van der Waals surface area contributed by atoms with E-state index in [1.54, 1.807) is 6.07 Å². The van der Waals surface area contributed by atoms with Gasteiger partial charge in [0.05, 0.1) is 5.69 Å². The molecule has 2 rings (SSSR count). The summed E-state index contributed by atoms with van der Waals surface area (Å²) < 4.78 is 40.6. The van der Waals surface area contributed by atoms with E-state index in [-0.39, 0.29) is 0 Å². The first-order valence-electron chi connectivity index (χ1n) is 6.05. The van der Waals surface area contributed by atoms with Crippen molar-refractivity contribution in [1.29, 1.82) is 0 Å². The van der Waals surface area contributed by atoms with Crippen LogP contribution in [0.3, 0.4) is 0 Å². The van der Waals surface area contributed by atoms with Crippen molar-refractivity contribution in [3.05, 3.63) is 29.6 Å². The quantitative estimate of drug-likeness (QED) is 0.781. The standard InChI is InChI=1S/C12H16ClFN2O2S/c1-15(7-2-6-13)19(17,18)16-8-5-10-3-4-11(14)9-12(10)16/h3-4,9H,2,5-8H2,1H3. The Morgan fingerprint density at radius 3 is 2.89 bits per heavy atom. The molecule has 0 radical (unpaired) electrons. The van der Waals surface area contributed by atoms with Gasteiger partial charge in [-0.3, -0.25) is 4.31 Å². The van der Waals surface area contributed by atoms with Crippen molar-refractivity contribution in [1.82, 2.24) is 4.31 Å². The van der Waals surface area contributed by atoms with Crippen molar-refractivity contribution >= 4 is 27.5 Å². The minimum Gasteiger partial charge on any atom is -0.257 e. The zero-order valence-corrected chi connectivity index (χ0v) is 12.2. The maximum absolute atomic E-state index is 13.3. The molecule has 0 saturated carbocycles. The molecular weight excluding hydrogens is 291 g/mol. The highest BCUT2D eigenvalue weighted by Gasteiger charge is 2.32. The molecule has 0 saturated heterocycles. The van der Waals surface area contributed by atoms with Crippen molar-refractivity contribution < 1.29 is 12.8 Å². The molecule has 4 nitrogen and oxygen atoms in total. The lowest BCUT2D eigenvalue weighted by atomic mass is 10.2. The van der Waals surface area contributed by atoms with E-state index in [4.69, 9.17) is 11.6 Å². The average Bonchev–Trinajstić information content (AvgIpc) is 2.79. The number of hydrogen-bond donors (Lipinski definition) is 0. The predicted octanol–water partition coefficient (Wildman–Crippen LogP) is 1.99. The van der Waals surface area contributed by atoms with Gasteiger partial charge in [-0.2, -0.15) is 12.7 Å². The lowest BCUT2D eigenvalue weighted by Crippen LogP contribution is -2.41. The van der Waals surface area contributed by atoms with E-state index in [2.05, 4.69) is 0 Å². The van der Waals surface area contributed by atoms with Crippen LogP contribution in [0, 0.1) is 5.82 Å². The summed E-state index contributed by atoms with van der Waals surface area (Å²) in [6.45, 7) is 0.708. The molecule has 0 bridgehead atoms. The Kier molecular flexibility index (Phi) is 4.32. The molecule has 0 aliphatic carbocycles. The summed E-state index contributed by atoms with van der Waals surface area (Å²) in [6.07, 6.45) is 1.19. The van der Waals surface area contributed by atoms with Gasteiger partial charge in [0.1, 0.15) is 5.82 Å². The maximum Gasteiger partial charge on any atom is 0.303 e. The fourth-order valence-corrected chi connectivity index (χ4v) is 3.69. The summed E-state index contributed by atoms with van der Waals surface area (Å²) in [7, 11) is -2.09. The summed E-state index contributed by atoms with van der Waals surface area (Å²) in [4.78, 5) is 0. The van der Waals surface area contributed by atoms with Crippen LogP contribution in [-0.4, -0.2) is 38.7 Å². The van der Waals surface area contributed by atoms with Crippen LogP contribution in [0.4, 0.5) is 10.1 Å². The third-order valence-electron chi connectivity index (χ3n) is 3.18. The van der Waals surface area contributed by atoms with Gasteiger partial charge < -0.3 is 0 Å². The molecule has 7 heteroatoms. The Bertz CT molecular complexity index is 565. The van der Waals surface area contributed by atoms with Crippen LogP contribution in [0.2, 0.25) is 0 Å². The van der Waals surface area contributed by atoms with Gasteiger partial charge in [-0.15, -0.1) is 11.6 Å². The lowest BCUT2D eigenvalue weighted by molar-refractivity contribution is 0.466. The van der Waals surface area contributed by atoms with Crippen LogP contribution < -0.4 is 4.31 Å². The molecule has 0 aromatic heterocycles. The van der Waals surface area contributed by atoms with Crippen LogP contribution in [0.15, 0.2) is 18.2 Å². The number of benzene rings is 1. The van der Waals surface area contributed by atoms with Gasteiger partial charge in [-0.05, 0) is 30.5 Å². The molecule has 0 fully saturated rings. The molecule has 1 aliphatic heterocycles. The molecule has 1 aromatic rings. The first-order chi connectivity index (χ1) is 8.96. The van der Waals surface area contributed by atoms with E-state index in [9.17, 15) is 12.8 Å². The summed E-state index contributed by atoms with van der Waals surface area (Å²) in [5.74, 6) is -0.0188. The normalized spacial score (nSPS) is 15.1. The van der Waals surface area contributed by atoms with Crippen molar-refractivity contribution in [2.45, 2.75) is 12.8 Å². The second-order valence-corrected chi connectivity index (χ2v) is 6.80. The van der Waals surface area contributed by atoms with Crippen LogP contribution in [0.5, 0.6) is 0 Å². The van der Waals surface area contributed by atoms with Crippen molar-refractivity contribution in [3.63, 3.8) is 0 Å². The van der Waals surface area contributed by atoms with Crippen LogP contribution in [0.25, 0.3) is 0 Å². The second kappa shape index (κ2) is 5.64. The Balaban J connectivity index is 2.27. The van der Waals surface area contributed by atoms with E-state index in [0.29, 0.717) is 37.5 Å². The number of nitrogens with zero attached hydrogens (tertiary/aromatic N) is 2. The minimum atomic E-state index is -3.60. The van der Waals surface area contributed by atoms with Gasteiger partial charge in [-0.1, -0.05) is 6.07 Å². The fraction of sp³-hybridized carbons (Fsp3) is 0.500. The van der Waals surface area contributed by atoms with Gasteiger partial charge >= 0.3 is 10.2 Å². The van der Waals surface area contributed by atoms with E-state index < -0.39 is 16.0 Å². The predicted molar refractivity (Wildman–Crippen MR) is 74.3 cm³/mol. The summed E-state index contributed by atoms with van der Waals surface area (Å²) in [5, 5.41) is 0. The smallest absolute Gasteiger partial charge is 0.257 e. The molecule has 0 amide bonds. The zero-order chi connectivity index (χ0) is 14.0. The highest BCUT2D eigenvalue weighted by Crippen LogP contribution is 2.31. The molecule has 106 valence electrons. The SMILES string of the molecule is CN(CCCCl)S(=O)(=O)N1CCc2ccc(F)cc21. The number of alkyl halides is 1. The van der Waals surface area contributed by atoms with Gasteiger partial charge in [0.2, 0.25) is 0 Å². The first-order valence-corrected chi connectivity index (χ1v) is 7.98.